The molecule has 25 heavy (non-hydrogen) atoms. The van der Waals surface area contributed by atoms with E-state index in [1.807, 2.05) is 0 Å². The number of ether oxygens (including phenoxy) is 2. The Balaban J connectivity index is 3.64. The zero-order chi connectivity index (χ0) is 19.1. The number of carbonyl (C=O) groups is 3. The Morgan fingerprint density at radius 3 is 1.64 bits per heavy atom. The smallest absolute Gasteiger partial charge is 0.375 e. The molecule has 0 aromatic heterocycles. The van der Waals surface area contributed by atoms with Gasteiger partial charge < -0.3 is 9.47 Å². The fraction of sp³-hybridized carbons (Fsp3) is 0.850. The van der Waals surface area contributed by atoms with Crippen molar-refractivity contribution < 1.29 is 23.9 Å². The lowest BCUT2D eigenvalue weighted by atomic mass is 10.1. The third-order valence-corrected chi connectivity index (χ3v) is 3.88. The highest BCUT2D eigenvalue weighted by atomic mass is 16.5. The summed E-state index contributed by atoms with van der Waals surface area (Å²) in [6.07, 6.45) is 7.48. The van der Waals surface area contributed by atoms with Crippen LogP contribution in [0.2, 0.25) is 0 Å². The molecule has 0 aromatic rings. The van der Waals surface area contributed by atoms with Crippen molar-refractivity contribution in [2.75, 3.05) is 13.2 Å². The molecule has 0 amide bonds. The minimum Gasteiger partial charge on any atom is -0.465 e. The zero-order valence-electron chi connectivity index (χ0n) is 16.5. The first kappa shape index (κ1) is 23.6. The van der Waals surface area contributed by atoms with E-state index < -0.39 is 24.1 Å². The molecular weight excluding hydrogens is 320 g/mol. The van der Waals surface area contributed by atoms with E-state index in [0.29, 0.717) is 18.4 Å². The van der Waals surface area contributed by atoms with E-state index in [-0.39, 0.29) is 6.61 Å². The number of hydrogen-bond donors (Lipinski definition) is 0. The summed E-state index contributed by atoms with van der Waals surface area (Å²) in [5.41, 5.74) is 0. The Bertz CT molecular complexity index is 388. The van der Waals surface area contributed by atoms with Crippen molar-refractivity contribution in [2.45, 2.75) is 85.5 Å². The Morgan fingerprint density at radius 2 is 1.16 bits per heavy atom. The van der Waals surface area contributed by atoms with E-state index in [4.69, 9.17) is 9.47 Å². The molecule has 0 atom stereocenters. The summed E-state index contributed by atoms with van der Waals surface area (Å²) in [5, 5.41) is 0. The van der Waals surface area contributed by atoms with Crippen LogP contribution in [0.4, 0.5) is 0 Å². The quantitative estimate of drug-likeness (QED) is 0.187. The van der Waals surface area contributed by atoms with Crippen molar-refractivity contribution in [3.63, 3.8) is 0 Å². The van der Waals surface area contributed by atoms with Crippen molar-refractivity contribution in [1.29, 1.82) is 0 Å². The van der Waals surface area contributed by atoms with Crippen LogP contribution in [0.15, 0.2) is 0 Å². The van der Waals surface area contributed by atoms with Gasteiger partial charge >= 0.3 is 11.9 Å². The molecule has 0 heterocycles. The highest BCUT2D eigenvalue weighted by Gasteiger charge is 2.20. The van der Waals surface area contributed by atoms with Gasteiger partial charge in [-0.05, 0) is 24.7 Å². The molecule has 0 aliphatic carbocycles. The molecule has 146 valence electrons. The predicted octanol–water partition coefficient (Wildman–Crippen LogP) is 4.46. The average Bonchev–Trinajstić information content (AvgIpc) is 2.53. The van der Waals surface area contributed by atoms with Crippen LogP contribution in [0.25, 0.3) is 0 Å². The zero-order valence-corrected chi connectivity index (χ0v) is 16.5. The molecule has 0 saturated carbocycles. The van der Waals surface area contributed by atoms with E-state index in [0.717, 1.165) is 51.4 Å². The molecular formula is C20H36O5. The van der Waals surface area contributed by atoms with Gasteiger partial charge in [0.1, 0.15) is 6.42 Å². The molecule has 0 aliphatic heterocycles. The lowest BCUT2D eigenvalue weighted by Crippen LogP contribution is -2.22. The first-order valence-corrected chi connectivity index (χ1v) is 9.68. The van der Waals surface area contributed by atoms with Crippen molar-refractivity contribution in [1.82, 2.24) is 0 Å². The Kier molecular flexibility index (Phi) is 14.1. The highest BCUT2D eigenvalue weighted by molar-refractivity contribution is 6.36. The summed E-state index contributed by atoms with van der Waals surface area (Å²) in [5.74, 6) is -1.06. The number of unbranched alkanes of at least 4 members (excludes halogenated alkanes) is 4. The summed E-state index contributed by atoms with van der Waals surface area (Å²) in [7, 11) is 0. The maximum atomic E-state index is 11.6. The standard InChI is InChI=1S/C20H36O5/c1-16(2)11-7-5-9-13-24-19(22)15-18(21)20(23)25-14-10-6-8-12-17(3)4/h16-17H,5-15H2,1-4H3. The van der Waals surface area contributed by atoms with Gasteiger partial charge in [-0.25, -0.2) is 4.79 Å². The largest absolute Gasteiger partial charge is 0.465 e. The second-order valence-corrected chi connectivity index (χ2v) is 7.44. The van der Waals surface area contributed by atoms with Gasteiger partial charge in [-0.1, -0.05) is 66.2 Å². The molecule has 5 heteroatoms. The maximum absolute atomic E-state index is 11.6. The lowest BCUT2D eigenvalue weighted by Gasteiger charge is -2.07. The average molecular weight is 357 g/mol. The molecule has 0 aromatic carbocycles. The fourth-order valence-corrected chi connectivity index (χ4v) is 2.35. The molecule has 0 rings (SSSR count). The molecule has 0 unspecified atom stereocenters. The summed E-state index contributed by atoms with van der Waals surface area (Å²) < 4.78 is 9.88. The van der Waals surface area contributed by atoms with Gasteiger partial charge in [0.05, 0.1) is 13.2 Å². The van der Waals surface area contributed by atoms with Crippen LogP contribution in [0.5, 0.6) is 0 Å². The van der Waals surface area contributed by atoms with Crippen LogP contribution in [-0.4, -0.2) is 30.9 Å². The lowest BCUT2D eigenvalue weighted by molar-refractivity contribution is -0.158. The second kappa shape index (κ2) is 14.9. The topological polar surface area (TPSA) is 69.7 Å². The van der Waals surface area contributed by atoms with Gasteiger partial charge in [0.15, 0.2) is 0 Å². The van der Waals surface area contributed by atoms with Crippen molar-refractivity contribution in [3.8, 4) is 0 Å². The fourth-order valence-electron chi connectivity index (χ4n) is 2.35. The van der Waals surface area contributed by atoms with Crippen LogP contribution in [0, 0.1) is 11.8 Å². The summed E-state index contributed by atoms with van der Waals surface area (Å²) in [4.78, 5) is 34.6. The van der Waals surface area contributed by atoms with Gasteiger partial charge in [-0.3, -0.25) is 9.59 Å². The van der Waals surface area contributed by atoms with Crippen LogP contribution in [0.1, 0.15) is 85.5 Å². The van der Waals surface area contributed by atoms with Gasteiger partial charge in [-0.2, -0.15) is 0 Å². The number of ketones is 1. The molecule has 0 spiro atoms. The van der Waals surface area contributed by atoms with E-state index in [9.17, 15) is 14.4 Å². The molecule has 0 radical (unpaired) electrons. The minimum atomic E-state index is -0.933. The maximum Gasteiger partial charge on any atom is 0.375 e. The minimum absolute atomic E-state index is 0.230. The summed E-state index contributed by atoms with van der Waals surface area (Å²) in [6.45, 7) is 9.22. The Labute approximate surface area is 152 Å². The van der Waals surface area contributed by atoms with E-state index in [1.165, 1.54) is 0 Å². The summed E-state index contributed by atoms with van der Waals surface area (Å²) >= 11 is 0. The molecule has 0 saturated heterocycles. The van der Waals surface area contributed by atoms with Gasteiger partial charge in [0, 0.05) is 0 Å². The third kappa shape index (κ3) is 15.9. The van der Waals surface area contributed by atoms with E-state index in [2.05, 4.69) is 27.7 Å². The van der Waals surface area contributed by atoms with E-state index in [1.54, 1.807) is 0 Å². The number of rotatable bonds is 15. The number of Topliss-reactive ketones (excluding diaryl/α,β-unsaturated/α-hetero) is 1. The van der Waals surface area contributed by atoms with Crippen molar-refractivity contribution in [3.05, 3.63) is 0 Å². The predicted molar refractivity (Wildman–Crippen MR) is 98.2 cm³/mol. The summed E-state index contributed by atoms with van der Waals surface area (Å²) in [6, 6.07) is 0. The molecule has 0 N–H and O–H groups in total. The van der Waals surface area contributed by atoms with Gasteiger partial charge in [0.25, 0.3) is 5.78 Å². The van der Waals surface area contributed by atoms with Crippen LogP contribution in [-0.2, 0) is 23.9 Å². The molecule has 0 aliphatic rings. The second-order valence-electron chi connectivity index (χ2n) is 7.44. The SMILES string of the molecule is CC(C)CCCCCOC(=O)CC(=O)C(=O)OCCCCCC(C)C. The third-order valence-electron chi connectivity index (χ3n) is 3.88. The number of hydrogen-bond acceptors (Lipinski definition) is 5. The Hall–Kier alpha value is -1.39. The van der Waals surface area contributed by atoms with Crippen LogP contribution < -0.4 is 0 Å². The number of carbonyl (C=O) groups excluding carboxylic acids is 3. The van der Waals surface area contributed by atoms with Crippen LogP contribution >= 0.6 is 0 Å². The Morgan fingerprint density at radius 1 is 0.680 bits per heavy atom. The van der Waals surface area contributed by atoms with Crippen molar-refractivity contribution >= 4 is 17.7 Å². The van der Waals surface area contributed by atoms with Crippen molar-refractivity contribution in [2.24, 2.45) is 11.8 Å². The highest BCUT2D eigenvalue weighted by Crippen LogP contribution is 2.09. The van der Waals surface area contributed by atoms with Crippen LogP contribution in [0.3, 0.4) is 0 Å². The van der Waals surface area contributed by atoms with E-state index >= 15 is 0 Å². The molecule has 5 nitrogen and oxygen atoms in total. The number of esters is 2. The first-order valence-electron chi connectivity index (χ1n) is 9.68. The van der Waals surface area contributed by atoms with Gasteiger partial charge in [0.2, 0.25) is 0 Å². The van der Waals surface area contributed by atoms with Gasteiger partial charge in [-0.15, -0.1) is 0 Å². The first-order chi connectivity index (χ1) is 11.8. The molecule has 0 fully saturated rings. The molecule has 0 bridgehead atoms. The monoisotopic (exact) mass is 356 g/mol. The normalized spacial score (nSPS) is 11.0.